The van der Waals surface area contributed by atoms with Crippen molar-refractivity contribution in [3.8, 4) is 22.5 Å². The van der Waals surface area contributed by atoms with Crippen LogP contribution in [0.25, 0.3) is 22.5 Å². The van der Waals surface area contributed by atoms with Crippen LogP contribution in [0.2, 0.25) is 0 Å². The first-order chi connectivity index (χ1) is 16.3. The Bertz CT molecular complexity index is 1340. The molecule has 0 bridgehead atoms. The third kappa shape index (κ3) is 4.68. The predicted octanol–water partition coefficient (Wildman–Crippen LogP) is 6.63. The van der Waals surface area contributed by atoms with Crippen molar-refractivity contribution < 1.29 is 24.0 Å². The van der Waals surface area contributed by atoms with Gasteiger partial charge in [0.15, 0.2) is 5.76 Å². The van der Waals surface area contributed by atoms with E-state index in [4.69, 9.17) is 9.26 Å². The van der Waals surface area contributed by atoms with Gasteiger partial charge in [0.05, 0.1) is 5.56 Å². The lowest BCUT2D eigenvalue weighted by atomic mass is 9.98. The lowest BCUT2D eigenvalue weighted by Crippen LogP contribution is -2.17. The molecule has 1 heterocycles. The standard InChI is InChI=1S/C27H24N2O5/c1-16-8-4-5-9-21(16)18(3)33-27(32)28-24-17(2)29-34-25(24)20-14-12-19(13-15-20)22-10-6-7-11-23(22)26(30)31/h4-15,18H,1-3H3,(H,28,32)(H,30,31). The van der Waals surface area contributed by atoms with Gasteiger partial charge in [0.1, 0.15) is 17.5 Å². The number of aryl methyl sites for hydroxylation is 2. The van der Waals surface area contributed by atoms with Gasteiger partial charge in [0.25, 0.3) is 0 Å². The summed E-state index contributed by atoms with van der Waals surface area (Å²) in [7, 11) is 0. The minimum atomic E-state index is -0.990. The Kier molecular flexibility index (Phi) is 6.45. The highest BCUT2D eigenvalue weighted by atomic mass is 16.6. The van der Waals surface area contributed by atoms with E-state index in [1.165, 1.54) is 0 Å². The summed E-state index contributed by atoms with van der Waals surface area (Å²) in [4.78, 5) is 24.2. The fourth-order valence-corrected chi connectivity index (χ4v) is 3.83. The largest absolute Gasteiger partial charge is 0.478 e. The molecule has 1 unspecified atom stereocenters. The van der Waals surface area contributed by atoms with Gasteiger partial charge in [-0.2, -0.15) is 0 Å². The molecule has 7 heteroatoms. The van der Waals surface area contributed by atoms with E-state index in [1.807, 2.05) is 38.1 Å². The van der Waals surface area contributed by atoms with Gasteiger partial charge < -0.3 is 14.4 Å². The van der Waals surface area contributed by atoms with Crippen molar-refractivity contribution in [2.75, 3.05) is 5.32 Å². The molecule has 0 aliphatic carbocycles. The molecule has 4 rings (SSSR count). The summed E-state index contributed by atoms with van der Waals surface area (Å²) in [5, 5.41) is 16.2. The molecular formula is C27H24N2O5. The summed E-state index contributed by atoms with van der Waals surface area (Å²) < 4.78 is 11.1. The molecule has 1 atom stereocenters. The second-order valence-electron chi connectivity index (χ2n) is 7.93. The highest BCUT2D eigenvalue weighted by Crippen LogP contribution is 2.33. The summed E-state index contributed by atoms with van der Waals surface area (Å²) in [5.41, 5.74) is 5.15. The van der Waals surface area contributed by atoms with E-state index < -0.39 is 18.2 Å². The molecule has 0 radical (unpaired) electrons. The van der Waals surface area contributed by atoms with Crippen LogP contribution in [0.15, 0.2) is 77.3 Å². The fraction of sp³-hybridized carbons (Fsp3) is 0.148. The van der Waals surface area contributed by atoms with Crippen molar-refractivity contribution in [2.24, 2.45) is 0 Å². The van der Waals surface area contributed by atoms with Crippen LogP contribution in [-0.2, 0) is 4.74 Å². The van der Waals surface area contributed by atoms with Crippen LogP contribution in [0.4, 0.5) is 10.5 Å². The van der Waals surface area contributed by atoms with E-state index in [2.05, 4.69) is 10.5 Å². The average Bonchev–Trinajstić information content (AvgIpc) is 3.19. The number of ether oxygens (including phenoxy) is 1. The lowest BCUT2D eigenvalue weighted by Gasteiger charge is -2.16. The molecule has 0 fully saturated rings. The van der Waals surface area contributed by atoms with Crippen molar-refractivity contribution >= 4 is 17.7 Å². The van der Waals surface area contributed by atoms with Crippen LogP contribution in [0.1, 0.15) is 40.2 Å². The van der Waals surface area contributed by atoms with Gasteiger partial charge in [-0.05, 0) is 49.1 Å². The molecule has 7 nitrogen and oxygen atoms in total. The normalized spacial score (nSPS) is 11.6. The maximum Gasteiger partial charge on any atom is 0.412 e. The SMILES string of the molecule is Cc1ccccc1C(C)OC(=O)Nc1c(C)noc1-c1ccc(-c2ccccc2C(=O)O)cc1. The Morgan fingerprint density at radius 2 is 1.59 bits per heavy atom. The van der Waals surface area contributed by atoms with Crippen LogP contribution in [-0.4, -0.2) is 22.3 Å². The zero-order valence-electron chi connectivity index (χ0n) is 19.0. The molecule has 0 spiro atoms. The number of carboxylic acid groups (broad SMARTS) is 1. The monoisotopic (exact) mass is 456 g/mol. The third-order valence-corrected chi connectivity index (χ3v) is 5.62. The van der Waals surface area contributed by atoms with E-state index in [0.717, 1.165) is 16.7 Å². The first-order valence-electron chi connectivity index (χ1n) is 10.8. The topological polar surface area (TPSA) is 102 Å². The molecule has 34 heavy (non-hydrogen) atoms. The minimum Gasteiger partial charge on any atom is -0.478 e. The van der Waals surface area contributed by atoms with Crippen LogP contribution >= 0.6 is 0 Å². The second kappa shape index (κ2) is 9.62. The number of carbonyl (C=O) groups is 2. The number of hydrogen-bond acceptors (Lipinski definition) is 5. The van der Waals surface area contributed by atoms with Crippen molar-refractivity contribution in [3.63, 3.8) is 0 Å². The fourth-order valence-electron chi connectivity index (χ4n) is 3.83. The zero-order valence-corrected chi connectivity index (χ0v) is 19.0. The molecule has 1 aromatic heterocycles. The van der Waals surface area contributed by atoms with Crippen molar-refractivity contribution in [1.82, 2.24) is 5.16 Å². The first-order valence-corrected chi connectivity index (χ1v) is 10.8. The van der Waals surface area contributed by atoms with Crippen molar-refractivity contribution in [1.29, 1.82) is 0 Å². The number of nitrogens with zero attached hydrogens (tertiary/aromatic N) is 1. The number of carboxylic acids is 1. The second-order valence-corrected chi connectivity index (χ2v) is 7.93. The molecule has 1 amide bonds. The summed E-state index contributed by atoms with van der Waals surface area (Å²) in [6.45, 7) is 5.51. The number of carbonyl (C=O) groups excluding carboxylic acids is 1. The quantitative estimate of drug-likeness (QED) is 0.337. The number of hydrogen-bond donors (Lipinski definition) is 2. The first kappa shape index (κ1) is 22.8. The molecule has 0 aliphatic heterocycles. The summed E-state index contributed by atoms with van der Waals surface area (Å²) in [6.07, 6.45) is -1.05. The summed E-state index contributed by atoms with van der Waals surface area (Å²) in [6, 6.07) is 21.7. The van der Waals surface area contributed by atoms with E-state index >= 15 is 0 Å². The number of anilines is 1. The smallest absolute Gasteiger partial charge is 0.412 e. The molecule has 0 saturated carbocycles. The maximum absolute atomic E-state index is 12.6. The lowest BCUT2D eigenvalue weighted by molar-refractivity contribution is 0.0697. The average molecular weight is 456 g/mol. The molecule has 2 N–H and O–H groups in total. The Balaban J connectivity index is 1.55. The number of benzene rings is 3. The molecule has 0 saturated heterocycles. The van der Waals surface area contributed by atoms with Crippen LogP contribution < -0.4 is 5.32 Å². The molecular weight excluding hydrogens is 432 g/mol. The zero-order chi connectivity index (χ0) is 24.2. The van der Waals surface area contributed by atoms with Crippen LogP contribution in [0.5, 0.6) is 0 Å². The van der Waals surface area contributed by atoms with Crippen molar-refractivity contribution in [3.05, 3.63) is 95.2 Å². The minimum absolute atomic E-state index is 0.221. The Morgan fingerprint density at radius 3 is 2.29 bits per heavy atom. The number of amides is 1. The van der Waals surface area contributed by atoms with Gasteiger partial charge in [-0.15, -0.1) is 0 Å². The number of nitrogens with one attached hydrogen (secondary N) is 1. The van der Waals surface area contributed by atoms with Gasteiger partial charge in [-0.1, -0.05) is 71.9 Å². The third-order valence-electron chi connectivity index (χ3n) is 5.62. The molecule has 172 valence electrons. The summed E-state index contributed by atoms with van der Waals surface area (Å²) >= 11 is 0. The number of aromatic nitrogens is 1. The molecule has 3 aromatic carbocycles. The number of rotatable bonds is 6. The van der Waals surface area contributed by atoms with Gasteiger partial charge >= 0.3 is 12.1 Å². The van der Waals surface area contributed by atoms with E-state index in [-0.39, 0.29) is 5.56 Å². The Morgan fingerprint density at radius 1 is 0.941 bits per heavy atom. The van der Waals surface area contributed by atoms with E-state index in [9.17, 15) is 14.7 Å². The van der Waals surface area contributed by atoms with Crippen LogP contribution in [0.3, 0.4) is 0 Å². The maximum atomic E-state index is 12.6. The van der Waals surface area contributed by atoms with Crippen LogP contribution in [0, 0.1) is 13.8 Å². The highest BCUT2D eigenvalue weighted by molar-refractivity contribution is 5.96. The van der Waals surface area contributed by atoms with Gasteiger partial charge in [0.2, 0.25) is 0 Å². The van der Waals surface area contributed by atoms with E-state index in [1.54, 1.807) is 55.5 Å². The van der Waals surface area contributed by atoms with Crippen molar-refractivity contribution in [2.45, 2.75) is 26.9 Å². The van der Waals surface area contributed by atoms with Gasteiger partial charge in [0, 0.05) is 5.56 Å². The molecule has 4 aromatic rings. The summed E-state index contributed by atoms with van der Waals surface area (Å²) in [5.74, 6) is -0.605. The Hall–Kier alpha value is -4.39. The van der Waals surface area contributed by atoms with Gasteiger partial charge in [-0.25, -0.2) is 9.59 Å². The molecule has 0 aliphatic rings. The highest BCUT2D eigenvalue weighted by Gasteiger charge is 2.21. The van der Waals surface area contributed by atoms with E-state index in [0.29, 0.717) is 28.3 Å². The van der Waals surface area contributed by atoms with Gasteiger partial charge in [-0.3, -0.25) is 5.32 Å². The number of aromatic carboxylic acids is 1. The Labute approximate surface area is 197 Å². The predicted molar refractivity (Wildman–Crippen MR) is 129 cm³/mol.